The van der Waals surface area contributed by atoms with E-state index < -0.39 is 0 Å². The number of nitrogens with zero attached hydrogens (tertiary/aromatic N) is 3. The highest BCUT2D eigenvalue weighted by atomic mass is 32.1. The smallest absolute Gasteiger partial charge is 0.195 e. The molecule has 5 heteroatoms. The number of rotatable bonds is 5. The molecule has 0 amide bonds. The lowest BCUT2D eigenvalue weighted by Gasteiger charge is -2.31. The number of nitrogens with one attached hydrogen (secondary N) is 1. The van der Waals surface area contributed by atoms with Crippen LogP contribution < -0.4 is 10.2 Å². The summed E-state index contributed by atoms with van der Waals surface area (Å²) < 4.78 is 2.26. The van der Waals surface area contributed by atoms with Gasteiger partial charge in [-0.2, -0.15) is 0 Å². The number of anilines is 1. The van der Waals surface area contributed by atoms with E-state index in [-0.39, 0.29) is 0 Å². The Morgan fingerprint density at radius 1 is 1.38 bits per heavy atom. The fourth-order valence-electron chi connectivity index (χ4n) is 2.94. The van der Waals surface area contributed by atoms with Crippen LogP contribution >= 0.6 is 11.3 Å². The van der Waals surface area contributed by atoms with Gasteiger partial charge in [0.1, 0.15) is 0 Å². The highest BCUT2D eigenvalue weighted by Crippen LogP contribution is 2.28. The molecule has 4 nitrogen and oxygen atoms in total. The van der Waals surface area contributed by atoms with Crippen LogP contribution in [-0.2, 0) is 6.54 Å². The molecule has 0 aromatic carbocycles. The van der Waals surface area contributed by atoms with E-state index in [0.29, 0.717) is 5.92 Å². The first-order valence-corrected chi connectivity index (χ1v) is 8.93. The Labute approximate surface area is 131 Å². The maximum absolute atomic E-state index is 4.89. The summed E-state index contributed by atoms with van der Waals surface area (Å²) in [5.41, 5.74) is 1.32. The van der Waals surface area contributed by atoms with Crippen LogP contribution in [0.5, 0.6) is 0 Å². The molecular formula is C16H26N4S. The standard InChI is InChI=1S/C16H26N4S/c1-12(2)10-17-11-14-15(18-16-20(14)8-9-21-16)19-6-4-13(3)5-7-19/h8-9,12-13,17H,4-7,10-11H2,1-3H3. The van der Waals surface area contributed by atoms with E-state index in [1.54, 1.807) is 11.3 Å². The van der Waals surface area contributed by atoms with Crippen molar-refractivity contribution < 1.29 is 0 Å². The summed E-state index contributed by atoms with van der Waals surface area (Å²) in [5, 5.41) is 5.70. The van der Waals surface area contributed by atoms with E-state index in [1.165, 1.54) is 24.4 Å². The predicted molar refractivity (Wildman–Crippen MR) is 90.2 cm³/mol. The summed E-state index contributed by atoms with van der Waals surface area (Å²) in [7, 11) is 0. The second kappa shape index (κ2) is 6.36. The number of fused-ring (bicyclic) bond motifs is 1. The summed E-state index contributed by atoms with van der Waals surface area (Å²) >= 11 is 1.72. The topological polar surface area (TPSA) is 32.6 Å². The van der Waals surface area contributed by atoms with Crippen molar-refractivity contribution in [2.24, 2.45) is 11.8 Å². The van der Waals surface area contributed by atoms with E-state index in [4.69, 9.17) is 4.98 Å². The number of aromatic nitrogens is 2. The minimum Gasteiger partial charge on any atom is -0.355 e. The Morgan fingerprint density at radius 2 is 2.14 bits per heavy atom. The Morgan fingerprint density at radius 3 is 2.86 bits per heavy atom. The molecule has 0 unspecified atom stereocenters. The Kier molecular flexibility index (Phi) is 4.50. The molecule has 1 aliphatic rings. The van der Waals surface area contributed by atoms with Crippen LogP contribution in [0.1, 0.15) is 39.3 Å². The van der Waals surface area contributed by atoms with Gasteiger partial charge in [0.25, 0.3) is 0 Å². The SMILES string of the molecule is CC(C)CNCc1c(N2CCC(C)CC2)nc2sccn12. The van der Waals surface area contributed by atoms with Crippen molar-refractivity contribution in [2.45, 2.75) is 40.2 Å². The van der Waals surface area contributed by atoms with E-state index in [9.17, 15) is 0 Å². The second-order valence-corrected chi connectivity index (χ2v) is 7.51. The van der Waals surface area contributed by atoms with Crippen molar-refractivity contribution in [3.8, 4) is 0 Å². The van der Waals surface area contributed by atoms with Gasteiger partial charge in [-0.15, -0.1) is 11.3 Å². The third kappa shape index (κ3) is 3.24. The van der Waals surface area contributed by atoms with Gasteiger partial charge in [0.2, 0.25) is 0 Å². The molecule has 0 aliphatic carbocycles. The molecule has 116 valence electrons. The lowest BCUT2D eigenvalue weighted by Crippen LogP contribution is -2.34. The van der Waals surface area contributed by atoms with Gasteiger partial charge >= 0.3 is 0 Å². The molecule has 1 saturated heterocycles. The number of piperidine rings is 1. The lowest BCUT2D eigenvalue weighted by molar-refractivity contribution is 0.435. The van der Waals surface area contributed by atoms with Crippen LogP contribution in [0, 0.1) is 11.8 Å². The molecule has 0 saturated carbocycles. The van der Waals surface area contributed by atoms with Gasteiger partial charge in [-0.25, -0.2) is 4.98 Å². The van der Waals surface area contributed by atoms with Crippen LogP contribution in [0.25, 0.3) is 4.96 Å². The number of hydrogen-bond donors (Lipinski definition) is 1. The molecular weight excluding hydrogens is 280 g/mol. The molecule has 0 spiro atoms. The summed E-state index contributed by atoms with van der Waals surface area (Å²) in [6, 6.07) is 0. The van der Waals surface area contributed by atoms with Crippen molar-refractivity contribution in [1.29, 1.82) is 0 Å². The average molecular weight is 306 g/mol. The number of hydrogen-bond acceptors (Lipinski definition) is 4. The van der Waals surface area contributed by atoms with Gasteiger partial charge in [0.15, 0.2) is 10.8 Å². The van der Waals surface area contributed by atoms with Gasteiger partial charge in [-0.1, -0.05) is 20.8 Å². The van der Waals surface area contributed by atoms with Gasteiger partial charge < -0.3 is 10.2 Å². The molecule has 1 fully saturated rings. The van der Waals surface area contributed by atoms with Crippen molar-refractivity contribution in [2.75, 3.05) is 24.5 Å². The first-order chi connectivity index (χ1) is 10.1. The normalized spacial score (nSPS) is 17.2. The highest BCUT2D eigenvalue weighted by molar-refractivity contribution is 7.15. The molecule has 21 heavy (non-hydrogen) atoms. The van der Waals surface area contributed by atoms with Crippen molar-refractivity contribution in [3.05, 3.63) is 17.3 Å². The molecule has 0 radical (unpaired) electrons. The molecule has 1 N–H and O–H groups in total. The fourth-order valence-corrected chi connectivity index (χ4v) is 3.67. The van der Waals surface area contributed by atoms with Crippen molar-refractivity contribution in [3.63, 3.8) is 0 Å². The minimum absolute atomic E-state index is 0.676. The average Bonchev–Trinajstić information content (AvgIpc) is 3.01. The molecule has 1 aliphatic heterocycles. The summed E-state index contributed by atoms with van der Waals surface area (Å²) in [4.78, 5) is 8.48. The number of imidazole rings is 1. The van der Waals surface area contributed by atoms with E-state index in [2.05, 4.69) is 47.0 Å². The van der Waals surface area contributed by atoms with Crippen LogP contribution in [-0.4, -0.2) is 29.0 Å². The molecule has 2 aromatic heterocycles. The van der Waals surface area contributed by atoms with Gasteiger partial charge in [-0.05, 0) is 31.2 Å². The van der Waals surface area contributed by atoms with Crippen LogP contribution in [0.4, 0.5) is 5.82 Å². The van der Waals surface area contributed by atoms with Gasteiger partial charge in [0.05, 0.1) is 5.69 Å². The van der Waals surface area contributed by atoms with Gasteiger partial charge in [0, 0.05) is 31.2 Å². The zero-order valence-electron chi connectivity index (χ0n) is 13.3. The fraction of sp³-hybridized carbons (Fsp3) is 0.688. The Bertz CT molecular complexity index is 578. The van der Waals surface area contributed by atoms with E-state index in [0.717, 1.165) is 37.1 Å². The summed E-state index contributed by atoms with van der Waals surface area (Å²) in [6.45, 7) is 11.1. The largest absolute Gasteiger partial charge is 0.355 e. The van der Waals surface area contributed by atoms with E-state index >= 15 is 0 Å². The summed E-state index contributed by atoms with van der Waals surface area (Å²) in [5.74, 6) is 2.73. The van der Waals surface area contributed by atoms with Crippen molar-refractivity contribution in [1.82, 2.24) is 14.7 Å². The van der Waals surface area contributed by atoms with Gasteiger partial charge in [-0.3, -0.25) is 4.40 Å². The third-order valence-electron chi connectivity index (χ3n) is 4.27. The maximum atomic E-state index is 4.89. The molecule has 2 aromatic rings. The van der Waals surface area contributed by atoms with Crippen LogP contribution in [0.2, 0.25) is 0 Å². The molecule has 3 heterocycles. The third-order valence-corrected chi connectivity index (χ3v) is 5.02. The van der Waals surface area contributed by atoms with Crippen LogP contribution in [0.3, 0.4) is 0 Å². The first-order valence-electron chi connectivity index (χ1n) is 8.05. The van der Waals surface area contributed by atoms with Crippen LogP contribution in [0.15, 0.2) is 11.6 Å². The molecule has 0 atom stereocenters. The zero-order valence-corrected chi connectivity index (χ0v) is 14.1. The number of thiazole rings is 1. The predicted octanol–water partition coefficient (Wildman–Crippen LogP) is 3.38. The Hall–Kier alpha value is -1.07. The zero-order chi connectivity index (χ0) is 14.8. The quantitative estimate of drug-likeness (QED) is 0.919. The van der Waals surface area contributed by atoms with Crippen molar-refractivity contribution >= 4 is 22.1 Å². The Balaban J connectivity index is 1.81. The first kappa shape index (κ1) is 14.9. The molecule has 0 bridgehead atoms. The molecule has 3 rings (SSSR count). The lowest BCUT2D eigenvalue weighted by atomic mass is 9.99. The summed E-state index contributed by atoms with van der Waals surface area (Å²) in [6.07, 6.45) is 4.71. The maximum Gasteiger partial charge on any atom is 0.195 e. The minimum atomic E-state index is 0.676. The second-order valence-electron chi connectivity index (χ2n) is 6.63. The monoisotopic (exact) mass is 306 g/mol. The van der Waals surface area contributed by atoms with E-state index in [1.807, 2.05) is 0 Å². The highest BCUT2D eigenvalue weighted by Gasteiger charge is 2.22.